The van der Waals surface area contributed by atoms with Gasteiger partial charge in [-0.25, -0.2) is 4.98 Å². The Bertz CT molecular complexity index is 908. The van der Waals surface area contributed by atoms with Gasteiger partial charge in [0.25, 0.3) is 0 Å². The SMILES string of the molecule is O=C(Cc1cc[nH]c1)N1CCN(C(=O)Cc2ccc3ncoc3c2)CC1. The molecule has 26 heavy (non-hydrogen) atoms. The van der Waals surface area contributed by atoms with Crippen LogP contribution in [0.3, 0.4) is 0 Å². The van der Waals surface area contributed by atoms with E-state index in [0.29, 0.717) is 44.6 Å². The van der Waals surface area contributed by atoms with Crippen LogP contribution in [0.2, 0.25) is 0 Å². The molecule has 7 heteroatoms. The summed E-state index contributed by atoms with van der Waals surface area (Å²) < 4.78 is 5.29. The number of aromatic amines is 1. The molecule has 1 fully saturated rings. The van der Waals surface area contributed by atoms with E-state index < -0.39 is 0 Å². The fourth-order valence-electron chi connectivity index (χ4n) is 3.26. The zero-order chi connectivity index (χ0) is 17.9. The van der Waals surface area contributed by atoms with Crippen molar-refractivity contribution in [2.75, 3.05) is 26.2 Å². The molecule has 0 unspecified atom stereocenters. The topological polar surface area (TPSA) is 82.4 Å². The van der Waals surface area contributed by atoms with Crippen molar-refractivity contribution in [2.24, 2.45) is 0 Å². The van der Waals surface area contributed by atoms with Crippen LogP contribution in [0.5, 0.6) is 0 Å². The Balaban J connectivity index is 1.30. The Morgan fingerprint density at radius 1 is 1.00 bits per heavy atom. The second-order valence-electron chi connectivity index (χ2n) is 6.49. The summed E-state index contributed by atoms with van der Waals surface area (Å²) in [6, 6.07) is 7.53. The van der Waals surface area contributed by atoms with E-state index in [-0.39, 0.29) is 11.8 Å². The minimum Gasteiger partial charge on any atom is -0.443 e. The van der Waals surface area contributed by atoms with E-state index in [9.17, 15) is 9.59 Å². The van der Waals surface area contributed by atoms with Gasteiger partial charge in [0.1, 0.15) is 5.52 Å². The van der Waals surface area contributed by atoms with Crippen molar-refractivity contribution in [2.45, 2.75) is 12.8 Å². The smallest absolute Gasteiger partial charge is 0.227 e. The van der Waals surface area contributed by atoms with Gasteiger partial charge in [0.2, 0.25) is 11.8 Å². The van der Waals surface area contributed by atoms with Crippen molar-refractivity contribution < 1.29 is 14.0 Å². The van der Waals surface area contributed by atoms with Gasteiger partial charge in [0.05, 0.1) is 12.8 Å². The molecular weight excluding hydrogens is 332 g/mol. The number of amides is 2. The van der Waals surface area contributed by atoms with Gasteiger partial charge in [-0.05, 0) is 29.3 Å². The van der Waals surface area contributed by atoms with Crippen LogP contribution in [-0.4, -0.2) is 57.8 Å². The lowest BCUT2D eigenvalue weighted by atomic mass is 10.1. The van der Waals surface area contributed by atoms with Gasteiger partial charge in [-0.15, -0.1) is 0 Å². The first kappa shape index (κ1) is 16.4. The summed E-state index contributed by atoms with van der Waals surface area (Å²) in [4.78, 5) is 35.6. The number of carbonyl (C=O) groups excluding carboxylic acids is 2. The van der Waals surface area contributed by atoms with Gasteiger partial charge < -0.3 is 19.2 Å². The number of fused-ring (bicyclic) bond motifs is 1. The third kappa shape index (κ3) is 3.46. The average Bonchev–Trinajstić information content (AvgIpc) is 3.33. The number of oxazole rings is 1. The number of aromatic nitrogens is 2. The minimum atomic E-state index is 0.0709. The van der Waals surface area contributed by atoms with Crippen LogP contribution in [0.15, 0.2) is 47.5 Å². The molecule has 1 aliphatic rings. The zero-order valence-electron chi connectivity index (χ0n) is 14.4. The fourth-order valence-corrected chi connectivity index (χ4v) is 3.26. The van der Waals surface area contributed by atoms with Crippen LogP contribution in [0.1, 0.15) is 11.1 Å². The van der Waals surface area contributed by atoms with Crippen LogP contribution < -0.4 is 0 Å². The van der Waals surface area contributed by atoms with Crippen molar-refractivity contribution in [1.82, 2.24) is 19.8 Å². The Morgan fingerprint density at radius 3 is 2.35 bits per heavy atom. The molecule has 4 rings (SSSR count). The van der Waals surface area contributed by atoms with Crippen molar-refractivity contribution >= 4 is 22.9 Å². The molecule has 1 aliphatic heterocycles. The highest BCUT2D eigenvalue weighted by Crippen LogP contribution is 2.16. The largest absolute Gasteiger partial charge is 0.443 e. The highest BCUT2D eigenvalue weighted by Gasteiger charge is 2.24. The number of H-pyrrole nitrogens is 1. The summed E-state index contributed by atoms with van der Waals surface area (Å²) in [5.74, 6) is 0.175. The summed E-state index contributed by atoms with van der Waals surface area (Å²) in [5.41, 5.74) is 3.37. The molecule has 0 bridgehead atoms. The quantitative estimate of drug-likeness (QED) is 0.773. The molecule has 134 valence electrons. The highest BCUT2D eigenvalue weighted by molar-refractivity contribution is 5.82. The number of nitrogens with zero attached hydrogens (tertiary/aromatic N) is 3. The molecule has 2 amide bonds. The molecule has 3 aromatic rings. The van der Waals surface area contributed by atoms with E-state index in [2.05, 4.69) is 9.97 Å². The van der Waals surface area contributed by atoms with Crippen molar-refractivity contribution in [3.05, 3.63) is 54.2 Å². The molecule has 1 aromatic carbocycles. The number of nitrogens with one attached hydrogen (secondary N) is 1. The molecule has 1 saturated heterocycles. The third-order valence-electron chi connectivity index (χ3n) is 4.75. The lowest BCUT2D eigenvalue weighted by Crippen LogP contribution is -2.51. The molecule has 3 heterocycles. The minimum absolute atomic E-state index is 0.0709. The van der Waals surface area contributed by atoms with Crippen LogP contribution in [0.4, 0.5) is 0 Å². The van der Waals surface area contributed by atoms with E-state index in [4.69, 9.17) is 4.42 Å². The average molecular weight is 352 g/mol. The molecule has 0 atom stereocenters. The van der Waals surface area contributed by atoms with Gasteiger partial charge in [0.15, 0.2) is 12.0 Å². The first-order chi connectivity index (χ1) is 12.7. The summed E-state index contributed by atoms with van der Waals surface area (Å²) in [5, 5.41) is 0. The van der Waals surface area contributed by atoms with Gasteiger partial charge in [-0.1, -0.05) is 6.07 Å². The van der Waals surface area contributed by atoms with E-state index in [1.807, 2.05) is 46.5 Å². The Kier molecular flexibility index (Phi) is 4.43. The number of carbonyl (C=O) groups is 2. The van der Waals surface area contributed by atoms with E-state index in [1.54, 1.807) is 0 Å². The van der Waals surface area contributed by atoms with Gasteiger partial charge in [-0.3, -0.25) is 9.59 Å². The number of benzene rings is 1. The Morgan fingerprint density at radius 2 is 1.69 bits per heavy atom. The molecule has 0 spiro atoms. The van der Waals surface area contributed by atoms with E-state index in [1.165, 1.54) is 6.39 Å². The predicted octanol–water partition coefficient (Wildman–Crippen LogP) is 1.61. The number of hydrogen-bond acceptors (Lipinski definition) is 4. The Labute approximate surface area is 150 Å². The van der Waals surface area contributed by atoms with E-state index >= 15 is 0 Å². The lowest BCUT2D eigenvalue weighted by molar-refractivity contribution is -0.138. The summed E-state index contributed by atoms with van der Waals surface area (Å²) in [6.07, 6.45) is 5.78. The van der Waals surface area contributed by atoms with E-state index in [0.717, 1.165) is 16.6 Å². The summed E-state index contributed by atoms with van der Waals surface area (Å²) in [6.45, 7) is 2.30. The van der Waals surface area contributed by atoms with Crippen LogP contribution >= 0.6 is 0 Å². The Hall–Kier alpha value is -3.09. The van der Waals surface area contributed by atoms with Crippen LogP contribution in [0, 0.1) is 0 Å². The monoisotopic (exact) mass is 352 g/mol. The van der Waals surface area contributed by atoms with Crippen LogP contribution in [-0.2, 0) is 22.4 Å². The van der Waals surface area contributed by atoms with Crippen molar-refractivity contribution in [1.29, 1.82) is 0 Å². The number of hydrogen-bond donors (Lipinski definition) is 1. The third-order valence-corrected chi connectivity index (χ3v) is 4.75. The molecule has 0 aliphatic carbocycles. The van der Waals surface area contributed by atoms with Crippen LogP contribution in [0.25, 0.3) is 11.1 Å². The normalized spacial score (nSPS) is 14.8. The maximum Gasteiger partial charge on any atom is 0.227 e. The second-order valence-corrected chi connectivity index (χ2v) is 6.49. The highest BCUT2D eigenvalue weighted by atomic mass is 16.3. The predicted molar refractivity (Wildman–Crippen MR) is 95.4 cm³/mol. The molecule has 2 aromatic heterocycles. The first-order valence-electron chi connectivity index (χ1n) is 8.68. The van der Waals surface area contributed by atoms with Gasteiger partial charge in [0, 0.05) is 38.6 Å². The molecule has 0 saturated carbocycles. The maximum absolute atomic E-state index is 12.5. The van der Waals surface area contributed by atoms with Gasteiger partial charge >= 0.3 is 0 Å². The lowest BCUT2D eigenvalue weighted by Gasteiger charge is -2.35. The number of piperazine rings is 1. The molecule has 7 nitrogen and oxygen atoms in total. The zero-order valence-corrected chi connectivity index (χ0v) is 14.4. The number of rotatable bonds is 4. The standard InChI is InChI=1S/C19H20N4O3/c24-18(10-14-1-2-16-17(9-14)26-13-21-16)22-5-7-23(8-6-22)19(25)11-15-3-4-20-12-15/h1-4,9,12-13,20H,5-8,10-11H2. The second kappa shape index (κ2) is 7.03. The van der Waals surface area contributed by atoms with Gasteiger partial charge in [-0.2, -0.15) is 0 Å². The summed E-state index contributed by atoms with van der Waals surface area (Å²) in [7, 11) is 0. The summed E-state index contributed by atoms with van der Waals surface area (Å²) >= 11 is 0. The molecule has 0 radical (unpaired) electrons. The van der Waals surface area contributed by atoms with Crippen molar-refractivity contribution in [3.8, 4) is 0 Å². The molecule has 1 N–H and O–H groups in total. The maximum atomic E-state index is 12.5. The fraction of sp³-hybridized carbons (Fsp3) is 0.316. The first-order valence-corrected chi connectivity index (χ1v) is 8.68. The van der Waals surface area contributed by atoms with Crippen molar-refractivity contribution in [3.63, 3.8) is 0 Å². The molecular formula is C19H20N4O3.